The van der Waals surface area contributed by atoms with E-state index < -0.39 is 0 Å². The first-order valence-corrected chi connectivity index (χ1v) is 18.6. The maximum Gasteiger partial charge on any atom is 0.324 e. The molecule has 52 heavy (non-hydrogen) atoms. The standard InChI is InChI=1S/C36H40N6O4S.C3H8OS/c1-24-10-12-26(13-11-24)42-33(21-31(41-42)36(2,3)4)40-35(44)38-29-14-15-30(28-9-7-6-8-27(28)29)46-22-25-16-17-37-32(20-25)39-34(43)23-47-19-18-45-5;1-4-2-3-5/h6-17,20-21H,18-19,22-23H2,1-5H3,(H,37,39,43)(H2,38,40,44);5H,2-3H2,1H3. The molecule has 5 aromatic rings. The van der Waals surface area contributed by atoms with E-state index in [0.29, 0.717) is 35.4 Å². The van der Waals surface area contributed by atoms with Gasteiger partial charge in [0, 0.05) is 54.2 Å². The van der Waals surface area contributed by atoms with Crippen LogP contribution >= 0.6 is 24.4 Å². The molecule has 0 atom stereocenters. The van der Waals surface area contributed by atoms with Crippen molar-refractivity contribution in [2.45, 2.75) is 39.7 Å². The number of ether oxygens (including phenoxy) is 3. The Bertz CT molecular complexity index is 1910. The molecule has 0 radical (unpaired) electrons. The van der Waals surface area contributed by atoms with Crippen LogP contribution in [-0.2, 0) is 26.3 Å². The summed E-state index contributed by atoms with van der Waals surface area (Å²) in [4.78, 5) is 29.9. The molecule has 0 spiro atoms. The molecule has 0 saturated heterocycles. The molecule has 2 heterocycles. The summed E-state index contributed by atoms with van der Waals surface area (Å²) in [6.45, 7) is 9.92. The maximum atomic E-state index is 13.4. The van der Waals surface area contributed by atoms with Crippen LogP contribution in [-0.4, -0.2) is 71.4 Å². The summed E-state index contributed by atoms with van der Waals surface area (Å²) >= 11 is 5.38. The Morgan fingerprint density at radius 1 is 0.885 bits per heavy atom. The van der Waals surface area contributed by atoms with Gasteiger partial charge in [0.2, 0.25) is 5.91 Å². The van der Waals surface area contributed by atoms with Gasteiger partial charge in [0.05, 0.1) is 36.0 Å². The van der Waals surface area contributed by atoms with Crippen LogP contribution in [0, 0.1) is 6.92 Å². The highest BCUT2D eigenvalue weighted by atomic mass is 32.2. The smallest absolute Gasteiger partial charge is 0.324 e. The molecule has 2 aromatic heterocycles. The molecule has 0 unspecified atom stereocenters. The van der Waals surface area contributed by atoms with Crippen molar-refractivity contribution in [2.24, 2.45) is 0 Å². The summed E-state index contributed by atoms with van der Waals surface area (Å²) in [5.41, 5.74) is 4.15. The second kappa shape index (κ2) is 19.9. The molecule has 276 valence electrons. The number of benzene rings is 3. The van der Waals surface area contributed by atoms with E-state index in [1.165, 1.54) is 11.8 Å². The zero-order valence-electron chi connectivity index (χ0n) is 30.6. The van der Waals surface area contributed by atoms with E-state index >= 15 is 0 Å². The summed E-state index contributed by atoms with van der Waals surface area (Å²) < 4.78 is 17.6. The summed E-state index contributed by atoms with van der Waals surface area (Å²) in [5.74, 6) is 3.47. The number of thioether (sulfide) groups is 1. The summed E-state index contributed by atoms with van der Waals surface area (Å²) in [6, 6.07) is 24.6. The zero-order valence-corrected chi connectivity index (χ0v) is 32.3. The highest BCUT2D eigenvalue weighted by Crippen LogP contribution is 2.33. The van der Waals surface area contributed by atoms with Crippen LogP contribution in [0.4, 0.5) is 22.1 Å². The van der Waals surface area contributed by atoms with Gasteiger partial charge < -0.3 is 24.8 Å². The van der Waals surface area contributed by atoms with Crippen molar-refractivity contribution in [3.05, 3.63) is 102 Å². The Morgan fingerprint density at radius 3 is 2.29 bits per heavy atom. The normalized spacial score (nSPS) is 11.1. The van der Waals surface area contributed by atoms with Gasteiger partial charge in [-0.2, -0.15) is 17.7 Å². The molecule has 0 aliphatic heterocycles. The van der Waals surface area contributed by atoms with Gasteiger partial charge in [0.15, 0.2) is 0 Å². The topological polar surface area (TPSA) is 129 Å². The molecule has 0 fully saturated rings. The SMILES string of the molecule is COCCS.COCCSCC(=O)Nc1cc(COc2ccc(NC(=O)Nc3cc(C(C)(C)C)nn3-c3ccc(C)cc3)c3ccccc23)ccn1. The number of carbonyl (C=O) groups excluding carboxylic acids is 2. The van der Waals surface area contributed by atoms with Gasteiger partial charge in [0.25, 0.3) is 0 Å². The van der Waals surface area contributed by atoms with Gasteiger partial charge in [-0.3, -0.25) is 10.1 Å². The lowest BCUT2D eigenvalue weighted by molar-refractivity contribution is -0.113. The second-order valence-electron chi connectivity index (χ2n) is 12.8. The molecule has 3 aromatic carbocycles. The molecule has 0 aliphatic rings. The molecule has 3 N–H and O–H groups in total. The Balaban J connectivity index is 0.00000113. The lowest BCUT2D eigenvalue weighted by Gasteiger charge is -2.15. The number of anilines is 3. The number of methoxy groups -OCH3 is 2. The fraction of sp³-hybridized carbons (Fsp3) is 0.333. The van der Waals surface area contributed by atoms with Crippen molar-refractivity contribution in [3.8, 4) is 11.4 Å². The number of thiol groups is 1. The maximum absolute atomic E-state index is 13.4. The molecule has 11 nitrogen and oxygen atoms in total. The number of pyridine rings is 1. The third kappa shape index (κ3) is 12.0. The third-order valence-corrected chi connectivity index (χ3v) is 8.68. The van der Waals surface area contributed by atoms with Crippen molar-refractivity contribution in [2.75, 3.05) is 60.6 Å². The van der Waals surface area contributed by atoms with E-state index in [4.69, 9.17) is 14.6 Å². The Labute approximate surface area is 315 Å². The predicted molar refractivity (Wildman–Crippen MR) is 216 cm³/mol. The first kappa shape index (κ1) is 40.2. The van der Waals surface area contributed by atoms with E-state index in [0.717, 1.165) is 51.4 Å². The number of amides is 3. The molecule has 0 bridgehead atoms. The quantitative estimate of drug-likeness (QED) is 0.0663. The van der Waals surface area contributed by atoms with Gasteiger partial charge >= 0.3 is 6.03 Å². The molecular weight excluding hydrogens is 697 g/mol. The van der Waals surface area contributed by atoms with Crippen molar-refractivity contribution in [1.29, 1.82) is 0 Å². The number of hydrogen-bond donors (Lipinski definition) is 4. The molecule has 0 aliphatic carbocycles. The van der Waals surface area contributed by atoms with Crippen LogP contribution < -0.4 is 20.7 Å². The number of fused-ring (bicyclic) bond motifs is 1. The number of nitrogens with one attached hydrogen (secondary N) is 3. The summed E-state index contributed by atoms with van der Waals surface area (Å²) in [7, 11) is 3.30. The average Bonchev–Trinajstić information content (AvgIpc) is 3.55. The van der Waals surface area contributed by atoms with Gasteiger partial charge in [-0.15, -0.1) is 11.8 Å². The number of aromatic nitrogens is 3. The van der Waals surface area contributed by atoms with Crippen molar-refractivity contribution < 1.29 is 23.8 Å². The largest absolute Gasteiger partial charge is 0.488 e. The fourth-order valence-electron chi connectivity index (χ4n) is 4.87. The predicted octanol–water partition coefficient (Wildman–Crippen LogP) is 8.13. The van der Waals surface area contributed by atoms with Crippen molar-refractivity contribution in [1.82, 2.24) is 14.8 Å². The third-order valence-electron chi connectivity index (χ3n) is 7.58. The number of aryl methyl sites for hydroxylation is 1. The van der Waals surface area contributed by atoms with Crippen LogP contribution in [0.3, 0.4) is 0 Å². The zero-order chi connectivity index (χ0) is 37.5. The average molecular weight is 745 g/mol. The highest BCUT2D eigenvalue weighted by Gasteiger charge is 2.22. The summed E-state index contributed by atoms with van der Waals surface area (Å²) in [6.07, 6.45) is 1.64. The number of hydrogen-bond acceptors (Lipinski definition) is 9. The van der Waals surface area contributed by atoms with Crippen molar-refractivity contribution >= 4 is 64.4 Å². The first-order chi connectivity index (χ1) is 25.0. The number of nitrogens with zero attached hydrogens (tertiary/aromatic N) is 3. The number of urea groups is 1. The lowest BCUT2D eigenvalue weighted by atomic mass is 9.92. The minimum Gasteiger partial charge on any atom is -0.488 e. The fourth-order valence-corrected chi connectivity index (χ4v) is 5.74. The molecule has 5 rings (SSSR count). The minimum absolute atomic E-state index is 0.121. The highest BCUT2D eigenvalue weighted by molar-refractivity contribution is 7.99. The van der Waals surface area contributed by atoms with E-state index in [1.807, 2.05) is 79.7 Å². The van der Waals surface area contributed by atoms with Gasteiger partial charge in [-0.05, 0) is 48.9 Å². The van der Waals surface area contributed by atoms with E-state index in [2.05, 4.69) is 59.1 Å². The number of carbonyl (C=O) groups is 2. The molecule has 0 saturated carbocycles. The second-order valence-corrected chi connectivity index (χ2v) is 14.3. The van der Waals surface area contributed by atoms with Crippen LogP contribution in [0.5, 0.6) is 5.75 Å². The van der Waals surface area contributed by atoms with Crippen LogP contribution in [0.2, 0.25) is 0 Å². The van der Waals surface area contributed by atoms with Crippen LogP contribution in [0.1, 0.15) is 37.6 Å². The van der Waals surface area contributed by atoms with Crippen LogP contribution in [0.15, 0.2) is 85.1 Å². The molecule has 3 amide bonds. The van der Waals surface area contributed by atoms with Crippen molar-refractivity contribution in [3.63, 3.8) is 0 Å². The van der Waals surface area contributed by atoms with Crippen LogP contribution in [0.25, 0.3) is 16.5 Å². The molecular formula is C39H48N6O5S2. The number of rotatable bonds is 14. The summed E-state index contributed by atoms with van der Waals surface area (Å²) in [5, 5.41) is 15.3. The minimum atomic E-state index is -0.388. The first-order valence-electron chi connectivity index (χ1n) is 16.8. The van der Waals surface area contributed by atoms with Gasteiger partial charge in [-0.1, -0.05) is 62.7 Å². The monoisotopic (exact) mass is 744 g/mol. The Kier molecular flexibility index (Phi) is 15.4. The van der Waals surface area contributed by atoms with E-state index in [-0.39, 0.29) is 24.0 Å². The van der Waals surface area contributed by atoms with E-state index in [9.17, 15) is 9.59 Å². The lowest BCUT2D eigenvalue weighted by Crippen LogP contribution is -2.21. The van der Waals surface area contributed by atoms with E-state index in [1.54, 1.807) is 31.2 Å². The Hall–Kier alpha value is -4.56. The Morgan fingerprint density at radius 2 is 1.62 bits per heavy atom. The van der Waals surface area contributed by atoms with Gasteiger partial charge in [-0.25, -0.2) is 14.5 Å². The molecule has 13 heteroatoms. The van der Waals surface area contributed by atoms with Gasteiger partial charge in [0.1, 0.15) is 24.0 Å².